The third kappa shape index (κ3) is 0.752. The molecular formula is C10H17N. The zero-order chi connectivity index (χ0) is 7.42. The Morgan fingerprint density at radius 1 is 1.09 bits per heavy atom. The van der Waals surface area contributed by atoms with Crippen LogP contribution in [-0.4, -0.2) is 12.6 Å². The van der Waals surface area contributed by atoms with Crippen LogP contribution in [0.1, 0.15) is 26.2 Å². The fourth-order valence-corrected chi connectivity index (χ4v) is 3.80. The molecule has 2 saturated carbocycles. The van der Waals surface area contributed by atoms with E-state index in [-0.39, 0.29) is 0 Å². The van der Waals surface area contributed by atoms with E-state index in [4.69, 9.17) is 0 Å². The van der Waals surface area contributed by atoms with Crippen molar-refractivity contribution in [1.82, 2.24) is 5.32 Å². The number of hydrogen-bond donors (Lipinski definition) is 1. The van der Waals surface area contributed by atoms with Gasteiger partial charge in [0.05, 0.1) is 0 Å². The van der Waals surface area contributed by atoms with Gasteiger partial charge in [-0.2, -0.15) is 0 Å². The zero-order valence-electron chi connectivity index (χ0n) is 7.22. The molecule has 11 heavy (non-hydrogen) atoms. The van der Waals surface area contributed by atoms with Crippen LogP contribution in [0.2, 0.25) is 0 Å². The Balaban J connectivity index is 1.96. The molecule has 5 atom stereocenters. The van der Waals surface area contributed by atoms with Crippen LogP contribution in [0.5, 0.6) is 0 Å². The van der Waals surface area contributed by atoms with Gasteiger partial charge in [0.15, 0.2) is 0 Å². The fraction of sp³-hybridized carbons (Fsp3) is 1.00. The Hall–Kier alpha value is -0.0400. The van der Waals surface area contributed by atoms with Crippen LogP contribution in [0.4, 0.5) is 0 Å². The second-order valence-electron chi connectivity index (χ2n) is 4.89. The van der Waals surface area contributed by atoms with Gasteiger partial charge in [0.1, 0.15) is 0 Å². The second kappa shape index (κ2) is 2.01. The minimum atomic E-state index is 0.902. The minimum Gasteiger partial charge on any atom is -0.313 e. The third-order valence-corrected chi connectivity index (χ3v) is 4.34. The minimum absolute atomic E-state index is 0.902. The summed E-state index contributed by atoms with van der Waals surface area (Å²) in [5, 5.41) is 3.72. The fourth-order valence-electron chi connectivity index (χ4n) is 3.80. The van der Waals surface area contributed by atoms with Crippen molar-refractivity contribution in [2.45, 2.75) is 32.2 Å². The number of fused-ring (bicyclic) bond motifs is 2. The Morgan fingerprint density at radius 2 is 1.91 bits per heavy atom. The van der Waals surface area contributed by atoms with Gasteiger partial charge in [-0.1, -0.05) is 6.92 Å². The van der Waals surface area contributed by atoms with Crippen molar-refractivity contribution in [3.63, 3.8) is 0 Å². The van der Waals surface area contributed by atoms with Crippen LogP contribution in [-0.2, 0) is 0 Å². The van der Waals surface area contributed by atoms with Gasteiger partial charge in [-0.25, -0.2) is 0 Å². The van der Waals surface area contributed by atoms with Crippen molar-refractivity contribution in [1.29, 1.82) is 0 Å². The molecular weight excluding hydrogens is 134 g/mol. The van der Waals surface area contributed by atoms with Gasteiger partial charge in [0.25, 0.3) is 0 Å². The van der Waals surface area contributed by atoms with Gasteiger partial charge in [0, 0.05) is 6.04 Å². The van der Waals surface area contributed by atoms with Crippen molar-refractivity contribution in [3.05, 3.63) is 0 Å². The largest absolute Gasteiger partial charge is 0.313 e. The summed E-state index contributed by atoms with van der Waals surface area (Å²) in [5.74, 6) is 4.16. The molecule has 0 radical (unpaired) electrons. The van der Waals surface area contributed by atoms with E-state index in [1.54, 1.807) is 6.42 Å². The molecule has 1 heterocycles. The van der Waals surface area contributed by atoms with Crippen molar-refractivity contribution in [3.8, 4) is 0 Å². The van der Waals surface area contributed by atoms with E-state index in [1.807, 2.05) is 0 Å². The van der Waals surface area contributed by atoms with Gasteiger partial charge in [-0.3, -0.25) is 0 Å². The molecule has 1 saturated heterocycles. The lowest BCUT2D eigenvalue weighted by atomic mass is 9.78. The van der Waals surface area contributed by atoms with Crippen molar-refractivity contribution < 1.29 is 0 Å². The van der Waals surface area contributed by atoms with Crippen LogP contribution in [0.15, 0.2) is 0 Å². The zero-order valence-corrected chi connectivity index (χ0v) is 7.22. The summed E-state index contributed by atoms with van der Waals surface area (Å²) in [6.45, 7) is 3.78. The molecule has 3 bridgehead atoms. The summed E-state index contributed by atoms with van der Waals surface area (Å²) < 4.78 is 0. The third-order valence-electron chi connectivity index (χ3n) is 4.34. The molecule has 1 heteroatoms. The van der Waals surface area contributed by atoms with E-state index < -0.39 is 0 Å². The molecule has 2 aliphatic carbocycles. The van der Waals surface area contributed by atoms with E-state index in [0.29, 0.717) is 0 Å². The average Bonchev–Trinajstić information content (AvgIpc) is 2.14. The molecule has 3 fully saturated rings. The summed E-state index contributed by atoms with van der Waals surface area (Å²) >= 11 is 0. The standard InChI is InChI=1S/C10H17N/c1-6-8-2-7-3-9(4-8)10(6)11-5-7/h6-11H,2-5H2,1H3/t6-,7-,8+,9-,10-/m1/s1. The molecule has 0 aromatic rings. The maximum absolute atomic E-state index is 3.72. The molecule has 0 spiro atoms. The first-order valence-corrected chi connectivity index (χ1v) is 5.08. The predicted molar refractivity (Wildman–Crippen MR) is 45.3 cm³/mol. The van der Waals surface area contributed by atoms with Gasteiger partial charge < -0.3 is 5.32 Å². The number of piperidine rings is 1. The summed E-state index contributed by atoms with van der Waals surface area (Å²) in [6, 6.07) is 0.902. The molecule has 3 rings (SSSR count). The topological polar surface area (TPSA) is 12.0 Å². The molecule has 3 aliphatic rings. The van der Waals surface area contributed by atoms with E-state index in [1.165, 1.54) is 19.4 Å². The van der Waals surface area contributed by atoms with Gasteiger partial charge in [-0.05, 0) is 49.5 Å². The lowest BCUT2D eigenvalue weighted by molar-refractivity contribution is 0.201. The Kier molecular flexibility index (Phi) is 1.18. The average molecular weight is 151 g/mol. The summed E-state index contributed by atoms with van der Waals surface area (Å²) in [6.07, 6.45) is 4.61. The van der Waals surface area contributed by atoms with Gasteiger partial charge >= 0.3 is 0 Å². The van der Waals surface area contributed by atoms with Gasteiger partial charge in [-0.15, -0.1) is 0 Å². The van der Waals surface area contributed by atoms with E-state index >= 15 is 0 Å². The van der Waals surface area contributed by atoms with Crippen LogP contribution in [0, 0.1) is 23.7 Å². The monoisotopic (exact) mass is 151 g/mol. The molecule has 1 N–H and O–H groups in total. The number of nitrogens with one attached hydrogen (secondary N) is 1. The molecule has 0 aromatic heterocycles. The smallest absolute Gasteiger partial charge is 0.0124 e. The first kappa shape index (κ1) is 6.47. The number of hydrogen-bond acceptors (Lipinski definition) is 1. The highest BCUT2D eigenvalue weighted by molar-refractivity contribution is 5.02. The lowest BCUT2D eigenvalue weighted by Gasteiger charge is -2.34. The SMILES string of the molecule is C[C@@H]1[C@H]2C[C@H]3CN[C@H]1[C@H](C3)C2. The number of rotatable bonds is 0. The van der Waals surface area contributed by atoms with Crippen LogP contribution in [0.3, 0.4) is 0 Å². The van der Waals surface area contributed by atoms with Crippen LogP contribution in [0.25, 0.3) is 0 Å². The van der Waals surface area contributed by atoms with E-state index in [0.717, 1.165) is 29.7 Å². The quantitative estimate of drug-likeness (QED) is 0.555. The predicted octanol–water partition coefficient (Wildman–Crippen LogP) is 1.64. The van der Waals surface area contributed by atoms with Crippen molar-refractivity contribution in [2.75, 3.05) is 6.54 Å². The van der Waals surface area contributed by atoms with Crippen molar-refractivity contribution >= 4 is 0 Å². The van der Waals surface area contributed by atoms with Crippen LogP contribution >= 0.6 is 0 Å². The highest BCUT2D eigenvalue weighted by Crippen LogP contribution is 2.50. The lowest BCUT2D eigenvalue weighted by Crippen LogP contribution is -2.43. The molecule has 0 unspecified atom stereocenters. The van der Waals surface area contributed by atoms with E-state index in [9.17, 15) is 0 Å². The van der Waals surface area contributed by atoms with E-state index in [2.05, 4.69) is 12.2 Å². The first-order chi connectivity index (χ1) is 5.34. The molecule has 62 valence electrons. The Bertz CT molecular complexity index is 174. The Labute approximate surface area is 68.6 Å². The summed E-state index contributed by atoms with van der Waals surface area (Å²) in [7, 11) is 0. The maximum atomic E-state index is 3.72. The summed E-state index contributed by atoms with van der Waals surface area (Å²) in [5.41, 5.74) is 0. The Morgan fingerprint density at radius 3 is 2.82 bits per heavy atom. The highest BCUT2D eigenvalue weighted by atomic mass is 15.0. The summed E-state index contributed by atoms with van der Waals surface area (Å²) in [4.78, 5) is 0. The first-order valence-electron chi connectivity index (χ1n) is 5.08. The molecule has 0 aromatic carbocycles. The normalized spacial score (nSPS) is 60.3. The van der Waals surface area contributed by atoms with Crippen molar-refractivity contribution in [2.24, 2.45) is 23.7 Å². The molecule has 1 aliphatic heterocycles. The molecule has 1 nitrogen and oxygen atoms in total. The second-order valence-corrected chi connectivity index (χ2v) is 4.89. The molecule has 0 amide bonds. The maximum Gasteiger partial charge on any atom is 0.0124 e. The van der Waals surface area contributed by atoms with Crippen LogP contribution < -0.4 is 5.32 Å². The van der Waals surface area contributed by atoms with Gasteiger partial charge in [0.2, 0.25) is 0 Å². The highest BCUT2D eigenvalue weighted by Gasteiger charge is 2.48.